The number of hydrogen-bond acceptors (Lipinski definition) is 6. The fraction of sp³-hybridized carbons (Fsp3) is 0.429. The second-order valence-electron chi connectivity index (χ2n) is 8.42. The summed E-state index contributed by atoms with van der Waals surface area (Å²) in [4.78, 5) is 25.0. The van der Waals surface area contributed by atoms with Gasteiger partial charge in [0.1, 0.15) is 10.6 Å². The van der Waals surface area contributed by atoms with Gasteiger partial charge in [-0.25, -0.2) is 12.4 Å². The van der Waals surface area contributed by atoms with Crippen molar-refractivity contribution >= 4 is 27.5 Å². The lowest BCUT2D eigenvalue weighted by molar-refractivity contribution is -0.175. The van der Waals surface area contributed by atoms with Crippen molar-refractivity contribution in [1.82, 2.24) is 9.29 Å². The van der Waals surface area contributed by atoms with Gasteiger partial charge in [-0.3, -0.25) is 9.59 Å². The molecular formula is C21H25N3O6S. The lowest BCUT2D eigenvalue weighted by Crippen LogP contribution is -2.43. The molecule has 2 aromatic rings. The number of nitrogens with one attached hydrogen (secondary N) is 2. The molecule has 1 fully saturated rings. The van der Waals surface area contributed by atoms with E-state index in [0.717, 1.165) is 3.97 Å². The minimum absolute atomic E-state index is 0.0255. The number of fused-ring (bicyclic) bond motifs is 2. The highest BCUT2D eigenvalue weighted by atomic mass is 32.2. The van der Waals surface area contributed by atoms with Crippen LogP contribution in [-0.4, -0.2) is 55.7 Å². The summed E-state index contributed by atoms with van der Waals surface area (Å²) in [5.74, 6) is -0.920. The molecule has 4 rings (SSSR count). The molecule has 0 unspecified atom stereocenters. The Kier molecular flexibility index (Phi) is 5.40. The van der Waals surface area contributed by atoms with Gasteiger partial charge in [0.05, 0.1) is 30.6 Å². The summed E-state index contributed by atoms with van der Waals surface area (Å²) in [5, 5.41) is 5.40. The van der Waals surface area contributed by atoms with Gasteiger partial charge in [-0.1, -0.05) is 0 Å². The standard InChI is InChI=1S/C21H25N3O6S/c1-13-8-17-20(26)23-16-9-14(4-5-18(16)31(27,28)24(17)10-13)19(25)22-7-6-15-11-30-21(2,3)12-29-15/h4-5,8-10,15H,6-7,11-12H2,1-3H3,(H,22,25)(H,23,26)/t15-/m1/s1. The third-order valence-corrected chi connectivity index (χ3v) is 6.99. The van der Waals surface area contributed by atoms with Crippen molar-refractivity contribution in [3.63, 3.8) is 0 Å². The van der Waals surface area contributed by atoms with E-state index in [-0.39, 0.29) is 39.5 Å². The molecule has 0 radical (unpaired) electrons. The van der Waals surface area contributed by atoms with Crippen LogP contribution in [0.5, 0.6) is 0 Å². The summed E-state index contributed by atoms with van der Waals surface area (Å²) in [6, 6.07) is 5.65. The van der Waals surface area contributed by atoms with E-state index in [2.05, 4.69) is 10.6 Å². The van der Waals surface area contributed by atoms with Crippen LogP contribution in [0.2, 0.25) is 0 Å². The molecule has 2 amide bonds. The first-order chi connectivity index (χ1) is 14.6. The molecule has 1 aromatic heterocycles. The first kappa shape index (κ1) is 21.5. The van der Waals surface area contributed by atoms with Gasteiger partial charge in [0.2, 0.25) is 0 Å². The van der Waals surface area contributed by atoms with Gasteiger partial charge in [0.15, 0.2) is 0 Å². The SMILES string of the molecule is Cc1cc2n(c1)S(=O)(=O)c1ccc(C(=O)NCC[C@@H]3COC(C)(C)CO3)cc1NC2=O. The van der Waals surface area contributed by atoms with E-state index in [1.807, 2.05) is 13.8 Å². The van der Waals surface area contributed by atoms with Crippen LogP contribution in [0.3, 0.4) is 0 Å². The maximum absolute atomic E-state index is 13.0. The summed E-state index contributed by atoms with van der Waals surface area (Å²) in [7, 11) is -3.96. The Morgan fingerprint density at radius 1 is 1.32 bits per heavy atom. The first-order valence-corrected chi connectivity index (χ1v) is 11.4. The average Bonchev–Trinajstić information content (AvgIpc) is 3.09. The molecule has 2 aliphatic heterocycles. The highest BCUT2D eigenvalue weighted by molar-refractivity contribution is 7.90. The van der Waals surface area contributed by atoms with E-state index < -0.39 is 15.9 Å². The summed E-state index contributed by atoms with van der Waals surface area (Å²) < 4.78 is 38.4. The molecule has 166 valence electrons. The molecule has 31 heavy (non-hydrogen) atoms. The number of benzene rings is 1. The van der Waals surface area contributed by atoms with Crippen molar-refractivity contribution in [2.45, 2.75) is 43.8 Å². The highest BCUT2D eigenvalue weighted by Gasteiger charge is 2.31. The third-order valence-electron chi connectivity index (χ3n) is 5.26. The van der Waals surface area contributed by atoms with Crippen molar-refractivity contribution < 1.29 is 27.5 Å². The second kappa shape index (κ2) is 7.77. The first-order valence-electron chi connectivity index (χ1n) is 10.0. The number of amides is 2. The van der Waals surface area contributed by atoms with Gasteiger partial charge >= 0.3 is 0 Å². The molecule has 9 nitrogen and oxygen atoms in total. The summed E-state index contributed by atoms with van der Waals surface area (Å²) >= 11 is 0. The van der Waals surface area contributed by atoms with Gasteiger partial charge in [-0.15, -0.1) is 0 Å². The average molecular weight is 448 g/mol. The van der Waals surface area contributed by atoms with Crippen LogP contribution in [-0.2, 0) is 19.5 Å². The van der Waals surface area contributed by atoms with Crippen LogP contribution in [0.15, 0.2) is 35.4 Å². The van der Waals surface area contributed by atoms with Crippen LogP contribution in [0.4, 0.5) is 5.69 Å². The normalized spacial score (nSPS) is 21.4. The molecule has 2 aliphatic rings. The van der Waals surface area contributed by atoms with Gasteiger partial charge in [0.25, 0.3) is 21.8 Å². The van der Waals surface area contributed by atoms with E-state index in [9.17, 15) is 18.0 Å². The number of hydrogen-bond donors (Lipinski definition) is 2. The molecule has 3 heterocycles. The molecule has 0 saturated carbocycles. The van der Waals surface area contributed by atoms with Crippen molar-refractivity contribution in [3.05, 3.63) is 47.3 Å². The second-order valence-corrected chi connectivity index (χ2v) is 10.2. The summed E-state index contributed by atoms with van der Waals surface area (Å²) in [5.41, 5.74) is 0.706. The fourth-order valence-corrected chi connectivity index (χ4v) is 5.10. The van der Waals surface area contributed by atoms with Crippen molar-refractivity contribution in [1.29, 1.82) is 0 Å². The number of anilines is 1. The highest BCUT2D eigenvalue weighted by Crippen LogP contribution is 2.30. The molecule has 10 heteroatoms. The molecule has 1 saturated heterocycles. The predicted molar refractivity (Wildman–Crippen MR) is 113 cm³/mol. The number of aromatic nitrogens is 1. The maximum Gasteiger partial charge on any atom is 0.273 e. The monoisotopic (exact) mass is 447 g/mol. The van der Waals surface area contributed by atoms with E-state index in [0.29, 0.717) is 31.7 Å². The smallest absolute Gasteiger partial charge is 0.273 e. The van der Waals surface area contributed by atoms with Crippen molar-refractivity contribution in [2.75, 3.05) is 25.1 Å². The Labute approximate surface area is 180 Å². The zero-order chi connectivity index (χ0) is 22.4. The fourth-order valence-electron chi connectivity index (χ4n) is 3.56. The molecule has 0 spiro atoms. The molecule has 0 bridgehead atoms. The van der Waals surface area contributed by atoms with Crippen molar-refractivity contribution in [2.24, 2.45) is 0 Å². The molecule has 1 atom stereocenters. The van der Waals surface area contributed by atoms with E-state index in [4.69, 9.17) is 9.47 Å². The Balaban J connectivity index is 1.46. The van der Waals surface area contributed by atoms with Gasteiger partial charge in [-0.2, -0.15) is 0 Å². The number of ether oxygens (including phenoxy) is 2. The lowest BCUT2D eigenvalue weighted by atomic mass is 10.1. The number of nitrogens with zero attached hydrogens (tertiary/aromatic N) is 1. The van der Waals surface area contributed by atoms with E-state index >= 15 is 0 Å². The van der Waals surface area contributed by atoms with Gasteiger partial charge in [-0.05, 0) is 57.0 Å². The molecule has 1 aromatic carbocycles. The quantitative estimate of drug-likeness (QED) is 0.740. The van der Waals surface area contributed by atoms with E-state index in [1.54, 1.807) is 6.92 Å². The Hall–Kier alpha value is -2.69. The minimum Gasteiger partial charge on any atom is -0.373 e. The zero-order valence-electron chi connectivity index (χ0n) is 17.6. The Morgan fingerprint density at radius 3 is 2.81 bits per heavy atom. The van der Waals surface area contributed by atoms with Crippen LogP contribution in [0.25, 0.3) is 0 Å². The predicted octanol–water partition coefficient (Wildman–Crippen LogP) is 1.91. The Bertz CT molecular complexity index is 1140. The Morgan fingerprint density at radius 2 is 2.10 bits per heavy atom. The number of aryl methyl sites for hydroxylation is 1. The molecular weight excluding hydrogens is 422 g/mol. The van der Waals surface area contributed by atoms with Gasteiger partial charge in [0, 0.05) is 18.3 Å². The largest absolute Gasteiger partial charge is 0.373 e. The topological polar surface area (TPSA) is 116 Å². The van der Waals surface area contributed by atoms with E-state index in [1.165, 1.54) is 30.5 Å². The number of carbonyl (C=O) groups is 2. The number of rotatable bonds is 4. The number of carbonyl (C=O) groups excluding carboxylic acids is 2. The van der Waals surface area contributed by atoms with Gasteiger partial charge < -0.3 is 20.1 Å². The molecule has 2 N–H and O–H groups in total. The van der Waals surface area contributed by atoms with Crippen LogP contribution < -0.4 is 10.6 Å². The third kappa shape index (κ3) is 4.23. The molecule has 0 aliphatic carbocycles. The minimum atomic E-state index is -3.96. The van der Waals surface area contributed by atoms with Crippen LogP contribution >= 0.6 is 0 Å². The maximum atomic E-state index is 13.0. The summed E-state index contributed by atoms with van der Waals surface area (Å²) in [6.07, 6.45) is 1.90. The summed E-state index contributed by atoms with van der Waals surface area (Å²) in [6.45, 7) is 6.96. The van der Waals surface area contributed by atoms with Crippen LogP contribution in [0, 0.1) is 6.92 Å². The van der Waals surface area contributed by atoms with Crippen LogP contribution in [0.1, 0.15) is 46.7 Å². The van der Waals surface area contributed by atoms with Crippen molar-refractivity contribution in [3.8, 4) is 0 Å². The lowest BCUT2D eigenvalue weighted by Gasteiger charge is -2.34. The zero-order valence-corrected chi connectivity index (χ0v) is 18.4.